The van der Waals surface area contributed by atoms with E-state index in [1.165, 1.54) is 23.1 Å². The molecule has 0 spiro atoms. The van der Waals surface area contributed by atoms with Gasteiger partial charge in [0.1, 0.15) is 23.0 Å². The van der Waals surface area contributed by atoms with E-state index in [-0.39, 0.29) is 30.5 Å². The van der Waals surface area contributed by atoms with Crippen molar-refractivity contribution in [1.29, 1.82) is 0 Å². The first-order valence-electron chi connectivity index (χ1n) is 12.0. The summed E-state index contributed by atoms with van der Waals surface area (Å²) in [5, 5.41) is 17.2. The molecule has 1 aliphatic heterocycles. The lowest BCUT2D eigenvalue weighted by Gasteiger charge is -2.32. The molecule has 0 aliphatic carbocycles. The van der Waals surface area contributed by atoms with E-state index >= 15 is 0 Å². The number of nitrogens with one attached hydrogen (secondary N) is 1. The van der Waals surface area contributed by atoms with Gasteiger partial charge in [0.25, 0.3) is 0 Å². The molecule has 8 nitrogen and oxygen atoms in total. The molecule has 0 saturated carbocycles. The first kappa shape index (κ1) is 23.0. The van der Waals surface area contributed by atoms with Crippen molar-refractivity contribution < 1.29 is 13.6 Å². The van der Waals surface area contributed by atoms with Crippen LogP contribution < -0.4 is 0 Å². The number of rotatable bonds is 5. The minimum Gasteiger partial charge on any atom is -0.336 e. The van der Waals surface area contributed by atoms with Crippen molar-refractivity contribution in [3.05, 3.63) is 83.8 Å². The molecule has 3 aromatic heterocycles. The van der Waals surface area contributed by atoms with E-state index in [2.05, 4.69) is 25.5 Å². The number of hydrogen-bond donors (Lipinski definition) is 1. The first-order valence-corrected chi connectivity index (χ1v) is 12.0. The summed E-state index contributed by atoms with van der Waals surface area (Å²) in [5.41, 5.74) is 5.07. The summed E-state index contributed by atoms with van der Waals surface area (Å²) in [6, 6.07) is 13.4. The van der Waals surface area contributed by atoms with Crippen LogP contribution in [0, 0.1) is 18.6 Å². The van der Waals surface area contributed by atoms with E-state index in [1.54, 1.807) is 10.9 Å². The molecule has 37 heavy (non-hydrogen) atoms. The summed E-state index contributed by atoms with van der Waals surface area (Å²) in [4.78, 5) is 18.3. The van der Waals surface area contributed by atoms with Crippen LogP contribution in [0.2, 0.25) is 0 Å². The van der Waals surface area contributed by atoms with Gasteiger partial charge in [-0.05, 0) is 49.7 Å². The number of carbonyl (C=O) groups is 1. The highest BCUT2D eigenvalue weighted by molar-refractivity contribution is 5.95. The predicted molar refractivity (Wildman–Crippen MR) is 133 cm³/mol. The van der Waals surface area contributed by atoms with Gasteiger partial charge in [-0.2, -0.15) is 5.10 Å². The van der Waals surface area contributed by atoms with Crippen molar-refractivity contribution in [2.24, 2.45) is 0 Å². The number of benzene rings is 2. The zero-order valence-electron chi connectivity index (χ0n) is 20.0. The highest BCUT2D eigenvalue weighted by atomic mass is 19.1. The van der Waals surface area contributed by atoms with Crippen molar-refractivity contribution in [3.63, 3.8) is 0 Å². The van der Waals surface area contributed by atoms with E-state index in [9.17, 15) is 13.6 Å². The lowest BCUT2D eigenvalue weighted by Crippen LogP contribution is -2.40. The Morgan fingerprint density at radius 1 is 1.08 bits per heavy atom. The Morgan fingerprint density at radius 2 is 1.92 bits per heavy atom. The molecule has 1 atom stereocenters. The fourth-order valence-corrected chi connectivity index (χ4v) is 4.81. The lowest BCUT2D eigenvalue weighted by atomic mass is 10.0. The zero-order chi connectivity index (χ0) is 25.5. The fraction of sp³-hybridized carbons (Fsp3) is 0.222. The summed E-state index contributed by atoms with van der Waals surface area (Å²) in [5.74, 6) is -1.45. The molecule has 4 heterocycles. The number of nitrogens with zero attached hydrogens (tertiary/aromatic N) is 6. The van der Waals surface area contributed by atoms with Gasteiger partial charge in [0.2, 0.25) is 5.91 Å². The van der Waals surface area contributed by atoms with Crippen molar-refractivity contribution in [2.45, 2.75) is 32.4 Å². The van der Waals surface area contributed by atoms with Gasteiger partial charge in [-0.25, -0.2) is 13.5 Å². The smallest absolute Gasteiger partial charge is 0.223 e. The van der Waals surface area contributed by atoms with Gasteiger partial charge >= 0.3 is 0 Å². The number of likely N-dealkylation sites (tertiary alicyclic amines) is 1. The van der Waals surface area contributed by atoms with Crippen LogP contribution in [0.25, 0.3) is 33.4 Å². The van der Waals surface area contributed by atoms with Crippen molar-refractivity contribution in [3.8, 4) is 22.5 Å². The fourth-order valence-electron chi connectivity index (χ4n) is 4.81. The van der Waals surface area contributed by atoms with Gasteiger partial charge < -0.3 is 4.90 Å². The third kappa shape index (κ3) is 4.35. The Morgan fingerprint density at radius 3 is 2.73 bits per heavy atom. The number of aromatic amines is 1. The largest absolute Gasteiger partial charge is 0.336 e. The Labute approximate surface area is 210 Å². The summed E-state index contributed by atoms with van der Waals surface area (Å²) < 4.78 is 30.1. The number of fused-ring (bicyclic) bond motifs is 1. The molecule has 1 amide bonds. The highest BCUT2D eigenvalue weighted by Crippen LogP contribution is 2.31. The molecular weight excluding hydrogens is 476 g/mol. The van der Waals surface area contributed by atoms with E-state index in [0.717, 1.165) is 33.4 Å². The topological polar surface area (TPSA) is 92.6 Å². The third-order valence-electron chi connectivity index (χ3n) is 6.80. The van der Waals surface area contributed by atoms with Crippen LogP contribution in [0.4, 0.5) is 8.78 Å². The Balaban J connectivity index is 1.26. The van der Waals surface area contributed by atoms with Gasteiger partial charge in [0.15, 0.2) is 0 Å². The van der Waals surface area contributed by atoms with Crippen LogP contribution in [-0.2, 0) is 11.3 Å². The van der Waals surface area contributed by atoms with Gasteiger partial charge in [0.05, 0.1) is 24.3 Å². The molecule has 0 bridgehead atoms. The lowest BCUT2D eigenvalue weighted by molar-refractivity contribution is -0.135. The number of aromatic nitrogens is 6. The number of H-pyrrole nitrogens is 1. The Hall–Kier alpha value is -4.47. The SMILES string of the molecule is Cc1cc(-c2n[nH]c3ccc(-c4cn([C@@H]5CCC(=O)N(Cc6c(F)cccc6F)C5)nn4)cc23)ccn1. The average Bonchev–Trinajstić information content (AvgIpc) is 3.55. The molecule has 5 aromatic rings. The number of halogens is 2. The number of aryl methyl sites for hydroxylation is 1. The van der Waals surface area contributed by atoms with Crippen molar-refractivity contribution in [1.82, 2.24) is 35.1 Å². The number of carbonyl (C=O) groups excluding carboxylic acids is 1. The average molecular weight is 500 g/mol. The predicted octanol–water partition coefficient (Wildman–Crippen LogP) is 4.83. The molecule has 0 unspecified atom stereocenters. The first-order chi connectivity index (χ1) is 18.0. The maximum atomic E-state index is 14.2. The van der Waals surface area contributed by atoms with Crippen LogP contribution in [0.3, 0.4) is 0 Å². The van der Waals surface area contributed by atoms with Crippen molar-refractivity contribution in [2.75, 3.05) is 6.54 Å². The summed E-state index contributed by atoms with van der Waals surface area (Å²) in [7, 11) is 0. The highest BCUT2D eigenvalue weighted by Gasteiger charge is 2.29. The van der Waals surface area contributed by atoms with Crippen LogP contribution in [0.5, 0.6) is 0 Å². The maximum absolute atomic E-state index is 14.2. The summed E-state index contributed by atoms with van der Waals surface area (Å²) in [6.07, 6.45) is 4.45. The molecule has 1 saturated heterocycles. The number of hydrogen-bond acceptors (Lipinski definition) is 5. The number of pyridine rings is 1. The second-order valence-electron chi connectivity index (χ2n) is 9.27. The van der Waals surface area contributed by atoms with E-state index < -0.39 is 11.6 Å². The molecular formula is C27H23F2N7O. The molecule has 2 aromatic carbocycles. The van der Waals surface area contributed by atoms with Gasteiger partial charge in [0, 0.05) is 46.9 Å². The quantitative estimate of drug-likeness (QED) is 0.374. The minimum absolute atomic E-state index is 0.107. The molecule has 1 aliphatic rings. The normalized spacial score (nSPS) is 16.0. The van der Waals surface area contributed by atoms with E-state index in [0.29, 0.717) is 18.7 Å². The Kier molecular flexibility index (Phi) is 5.71. The van der Waals surface area contributed by atoms with Crippen LogP contribution in [0.15, 0.2) is 60.9 Å². The third-order valence-corrected chi connectivity index (χ3v) is 6.80. The molecule has 10 heteroatoms. The molecule has 186 valence electrons. The van der Waals surface area contributed by atoms with Crippen molar-refractivity contribution >= 4 is 16.8 Å². The molecule has 0 radical (unpaired) electrons. The monoisotopic (exact) mass is 499 g/mol. The van der Waals surface area contributed by atoms with Crippen LogP contribution in [0.1, 0.15) is 30.1 Å². The summed E-state index contributed by atoms with van der Waals surface area (Å²) in [6.45, 7) is 2.11. The van der Waals surface area contributed by atoms with E-state index in [1.807, 2.05) is 43.5 Å². The Bertz CT molecular complexity index is 1610. The number of amides is 1. The van der Waals surface area contributed by atoms with Gasteiger partial charge in [-0.1, -0.05) is 17.3 Å². The molecule has 1 N–H and O–H groups in total. The summed E-state index contributed by atoms with van der Waals surface area (Å²) >= 11 is 0. The van der Waals surface area contributed by atoms with Crippen LogP contribution >= 0.6 is 0 Å². The van der Waals surface area contributed by atoms with Gasteiger partial charge in [-0.15, -0.1) is 5.10 Å². The number of piperidine rings is 1. The second kappa shape index (κ2) is 9.20. The van der Waals surface area contributed by atoms with Gasteiger partial charge in [-0.3, -0.25) is 14.9 Å². The minimum atomic E-state index is -0.658. The second-order valence-corrected chi connectivity index (χ2v) is 9.27. The zero-order valence-corrected chi connectivity index (χ0v) is 20.0. The maximum Gasteiger partial charge on any atom is 0.223 e. The van der Waals surface area contributed by atoms with Crippen LogP contribution in [-0.4, -0.2) is 47.5 Å². The molecule has 1 fully saturated rings. The van der Waals surface area contributed by atoms with E-state index in [4.69, 9.17) is 0 Å². The molecule has 6 rings (SSSR count). The standard InChI is InChI=1S/C27H23F2N7O/c1-16-11-18(9-10-30-16)27-20-12-17(5-7-24(20)31-33-27)25-15-36(34-32-25)19-6-8-26(37)35(13-19)14-21-22(28)3-2-4-23(21)29/h2-5,7,9-12,15,19H,6,8,13-14H2,1H3,(H,31,33)/t19-/m1/s1.